The number of β-amino-alcohol motifs (C(OH)–C–C–N with tert-alkyl or cyclic N) is 1. The Morgan fingerprint density at radius 3 is 1.90 bits per heavy atom. The SMILES string of the molecule is OC[C@H]1NC[C@@H](O)[C@@H]1O[C@H]1O[C@H](CO)[C@@H](O[C@@H]2O[C@H](CF)[C@@H](O)[C@H](O)[C@H]2O)[C@H](O)[C@H]1O. The van der Waals surface area contributed by atoms with E-state index >= 15 is 0 Å². The molecule has 0 bridgehead atoms. The van der Waals surface area contributed by atoms with Crippen molar-refractivity contribution in [2.45, 2.75) is 79.7 Å². The van der Waals surface area contributed by atoms with E-state index in [4.69, 9.17) is 18.9 Å². The molecule has 3 saturated heterocycles. The largest absolute Gasteiger partial charge is 0.395 e. The third-order valence-electron chi connectivity index (χ3n) is 5.79. The molecule has 13 nitrogen and oxygen atoms in total. The summed E-state index contributed by atoms with van der Waals surface area (Å²) >= 11 is 0. The third-order valence-corrected chi connectivity index (χ3v) is 5.79. The number of halogens is 1. The second-order valence-electron chi connectivity index (χ2n) is 7.84. The molecular formula is C17H30FNO12. The zero-order valence-corrected chi connectivity index (χ0v) is 16.4. The van der Waals surface area contributed by atoms with Crippen molar-refractivity contribution in [3.05, 3.63) is 0 Å². The van der Waals surface area contributed by atoms with Gasteiger partial charge in [0, 0.05) is 6.54 Å². The van der Waals surface area contributed by atoms with Crippen LogP contribution in [0.25, 0.3) is 0 Å². The van der Waals surface area contributed by atoms with E-state index in [2.05, 4.69) is 5.32 Å². The summed E-state index contributed by atoms with van der Waals surface area (Å²) in [6.45, 7) is -2.18. The summed E-state index contributed by atoms with van der Waals surface area (Å²) in [5.41, 5.74) is 0. The monoisotopic (exact) mass is 459 g/mol. The van der Waals surface area contributed by atoms with Crippen LogP contribution in [0.4, 0.5) is 4.39 Å². The minimum Gasteiger partial charge on any atom is -0.395 e. The fourth-order valence-electron chi connectivity index (χ4n) is 3.93. The quantitative estimate of drug-likeness (QED) is 0.174. The Morgan fingerprint density at radius 2 is 1.32 bits per heavy atom. The molecule has 0 aromatic rings. The molecule has 0 unspecified atom stereocenters. The highest BCUT2D eigenvalue weighted by Crippen LogP contribution is 2.30. The predicted octanol–water partition coefficient (Wildman–Crippen LogP) is -5.70. The minimum atomic E-state index is -1.82. The van der Waals surface area contributed by atoms with Gasteiger partial charge in [0.1, 0.15) is 61.6 Å². The Kier molecular flexibility index (Phi) is 8.53. The van der Waals surface area contributed by atoms with Crippen LogP contribution in [0.3, 0.4) is 0 Å². The minimum absolute atomic E-state index is 0.122. The molecule has 0 aliphatic carbocycles. The van der Waals surface area contributed by atoms with Gasteiger partial charge < -0.3 is 65.1 Å². The summed E-state index contributed by atoms with van der Waals surface area (Å²) in [7, 11) is 0. The molecule has 0 aromatic heterocycles. The van der Waals surface area contributed by atoms with Crippen LogP contribution in [-0.2, 0) is 18.9 Å². The Bertz CT molecular complexity index is 573. The van der Waals surface area contributed by atoms with Gasteiger partial charge in [0.2, 0.25) is 0 Å². The molecule has 0 amide bonds. The Hall–Kier alpha value is -0.590. The van der Waals surface area contributed by atoms with Gasteiger partial charge in [0.25, 0.3) is 0 Å². The molecule has 3 heterocycles. The summed E-state index contributed by atoms with van der Waals surface area (Å²) in [4.78, 5) is 0. The highest BCUT2D eigenvalue weighted by atomic mass is 19.1. The molecule has 3 fully saturated rings. The van der Waals surface area contributed by atoms with Crippen LogP contribution in [0.5, 0.6) is 0 Å². The Labute approximate surface area is 176 Å². The first kappa shape index (κ1) is 25.0. The molecule has 14 heteroatoms. The first-order valence-electron chi connectivity index (χ1n) is 9.94. The van der Waals surface area contributed by atoms with Crippen molar-refractivity contribution in [1.82, 2.24) is 5.32 Å². The average Bonchev–Trinajstić information content (AvgIpc) is 3.12. The van der Waals surface area contributed by atoms with Crippen LogP contribution in [0, 0.1) is 0 Å². The zero-order chi connectivity index (χ0) is 22.9. The van der Waals surface area contributed by atoms with E-state index in [-0.39, 0.29) is 13.2 Å². The van der Waals surface area contributed by atoms with Gasteiger partial charge in [-0.05, 0) is 0 Å². The summed E-state index contributed by atoms with van der Waals surface area (Å²) in [5, 5.41) is 82.5. The van der Waals surface area contributed by atoms with Crippen molar-refractivity contribution in [2.24, 2.45) is 0 Å². The molecule has 0 aromatic carbocycles. The van der Waals surface area contributed by atoms with Crippen molar-refractivity contribution in [3.63, 3.8) is 0 Å². The van der Waals surface area contributed by atoms with Gasteiger partial charge in [-0.25, -0.2) is 4.39 Å². The lowest BCUT2D eigenvalue weighted by Gasteiger charge is -2.46. The maximum atomic E-state index is 13.1. The molecule has 182 valence electrons. The summed E-state index contributed by atoms with van der Waals surface area (Å²) < 4.78 is 34.5. The van der Waals surface area contributed by atoms with E-state index < -0.39 is 92.9 Å². The van der Waals surface area contributed by atoms with E-state index in [0.29, 0.717) is 0 Å². The van der Waals surface area contributed by atoms with Gasteiger partial charge in [-0.1, -0.05) is 0 Å². The standard InChI is InChI=1S/C17H30FNO12/c18-1-7-9(23)10(24)12(26)16(28-7)31-15-8(4-21)29-17(13(27)11(15)25)30-14-5(3-20)19-2-6(14)22/h5-17,19-27H,1-4H2/t5-,6-,7-,8-,9-,10+,11-,12-,13-,14-,15-,16+,17-/m1/s1. The maximum Gasteiger partial charge on any atom is 0.187 e. The number of hydrogen-bond donors (Lipinski definition) is 9. The highest BCUT2D eigenvalue weighted by molar-refractivity contribution is 4.96. The topological polar surface area (TPSA) is 211 Å². The van der Waals surface area contributed by atoms with Crippen molar-refractivity contribution >= 4 is 0 Å². The van der Waals surface area contributed by atoms with Crippen LogP contribution >= 0.6 is 0 Å². The fourth-order valence-corrected chi connectivity index (χ4v) is 3.93. The molecule has 13 atom stereocenters. The average molecular weight is 459 g/mol. The molecular weight excluding hydrogens is 429 g/mol. The molecule has 3 aliphatic heterocycles. The highest BCUT2D eigenvalue weighted by Gasteiger charge is 2.52. The van der Waals surface area contributed by atoms with Gasteiger partial charge in [-0.15, -0.1) is 0 Å². The van der Waals surface area contributed by atoms with Crippen molar-refractivity contribution < 1.29 is 64.2 Å². The van der Waals surface area contributed by atoms with Crippen LogP contribution in [0.1, 0.15) is 0 Å². The molecule has 0 radical (unpaired) electrons. The molecule has 3 rings (SSSR count). The Balaban J connectivity index is 1.69. The van der Waals surface area contributed by atoms with Gasteiger partial charge in [0.15, 0.2) is 12.6 Å². The molecule has 0 spiro atoms. The molecule has 0 saturated carbocycles. The Morgan fingerprint density at radius 1 is 0.742 bits per heavy atom. The number of nitrogens with one attached hydrogen (secondary N) is 1. The smallest absolute Gasteiger partial charge is 0.187 e. The number of hydrogen-bond acceptors (Lipinski definition) is 13. The van der Waals surface area contributed by atoms with Crippen LogP contribution in [-0.4, -0.2) is 147 Å². The number of ether oxygens (including phenoxy) is 4. The van der Waals surface area contributed by atoms with Crippen molar-refractivity contribution in [2.75, 3.05) is 26.4 Å². The molecule has 9 N–H and O–H groups in total. The molecule has 3 aliphatic rings. The second kappa shape index (κ2) is 10.6. The van der Waals surface area contributed by atoms with Crippen molar-refractivity contribution in [3.8, 4) is 0 Å². The van der Waals surface area contributed by atoms with Gasteiger partial charge in [-0.3, -0.25) is 0 Å². The normalized spacial score (nSPS) is 51.2. The number of aliphatic hydroxyl groups is 8. The summed E-state index contributed by atoms with van der Waals surface area (Å²) in [6.07, 6.45) is -18.4. The lowest BCUT2D eigenvalue weighted by Crippen LogP contribution is -2.65. The van der Waals surface area contributed by atoms with E-state index in [1.807, 2.05) is 0 Å². The van der Waals surface area contributed by atoms with E-state index in [9.17, 15) is 45.2 Å². The lowest BCUT2D eigenvalue weighted by molar-refractivity contribution is -0.363. The predicted molar refractivity (Wildman–Crippen MR) is 95.0 cm³/mol. The lowest BCUT2D eigenvalue weighted by atomic mass is 9.97. The van der Waals surface area contributed by atoms with E-state index in [0.717, 1.165) is 0 Å². The first-order chi connectivity index (χ1) is 14.7. The number of aliphatic hydroxyl groups excluding tert-OH is 8. The van der Waals surface area contributed by atoms with Crippen LogP contribution in [0.2, 0.25) is 0 Å². The number of rotatable bonds is 7. The summed E-state index contributed by atoms with van der Waals surface area (Å²) in [6, 6.07) is -0.652. The van der Waals surface area contributed by atoms with Crippen molar-refractivity contribution in [1.29, 1.82) is 0 Å². The first-order valence-corrected chi connectivity index (χ1v) is 9.94. The zero-order valence-electron chi connectivity index (χ0n) is 16.4. The number of alkyl halides is 1. The van der Waals surface area contributed by atoms with E-state index in [1.165, 1.54) is 0 Å². The van der Waals surface area contributed by atoms with Crippen LogP contribution < -0.4 is 5.32 Å². The van der Waals surface area contributed by atoms with Gasteiger partial charge in [0.05, 0.1) is 25.4 Å². The maximum absolute atomic E-state index is 13.1. The van der Waals surface area contributed by atoms with Gasteiger partial charge >= 0.3 is 0 Å². The second-order valence-corrected chi connectivity index (χ2v) is 7.84. The van der Waals surface area contributed by atoms with Gasteiger partial charge in [-0.2, -0.15) is 0 Å². The van der Waals surface area contributed by atoms with E-state index in [1.54, 1.807) is 0 Å². The fraction of sp³-hybridized carbons (Fsp3) is 1.00. The van der Waals surface area contributed by atoms with Crippen LogP contribution in [0.15, 0.2) is 0 Å². The summed E-state index contributed by atoms with van der Waals surface area (Å²) in [5.74, 6) is 0. The molecule has 31 heavy (non-hydrogen) atoms. The third kappa shape index (κ3) is 5.01.